The molecule has 0 spiro atoms. The minimum atomic E-state index is 0.129. The second-order valence-electron chi connectivity index (χ2n) is 6.52. The monoisotopic (exact) mass is 468 g/mol. The van der Waals surface area contributed by atoms with E-state index in [9.17, 15) is 4.79 Å². The van der Waals surface area contributed by atoms with Gasteiger partial charge in [0.25, 0.3) is 0 Å². The first-order chi connectivity index (χ1) is 14.4. The summed E-state index contributed by atoms with van der Waals surface area (Å²) in [6.45, 7) is 3.93. The quantitative estimate of drug-likeness (QED) is 0.352. The fourth-order valence-corrected chi connectivity index (χ4v) is 5.33. The topological polar surface area (TPSA) is 26.3 Å². The van der Waals surface area contributed by atoms with Gasteiger partial charge in [0.2, 0.25) is 0 Å². The SMILES string of the molecule is C=C1CC(=S)/C(=C\c2ccccc2)S1.COc1ccc(/C=C2\SC(=O)CC2=S)cc1. The number of hydrogen-bond donors (Lipinski definition) is 0. The van der Waals surface area contributed by atoms with Crippen LogP contribution in [0, 0.1) is 0 Å². The largest absolute Gasteiger partial charge is 0.497 e. The molecule has 6 heteroatoms. The lowest BCUT2D eigenvalue weighted by Crippen LogP contribution is -1.88. The first kappa shape index (κ1) is 22.7. The van der Waals surface area contributed by atoms with E-state index in [1.807, 2.05) is 48.5 Å². The lowest BCUT2D eigenvalue weighted by atomic mass is 10.2. The van der Waals surface area contributed by atoms with E-state index in [1.54, 1.807) is 18.9 Å². The van der Waals surface area contributed by atoms with Crippen molar-refractivity contribution in [1.82, 2.24) is 0 Å². The van der Waals surface area contributed by atoms with Gasteiger partial charge in [-0.3, -0.25) is 4.79 Å². The zero-order valence-electron chi connectivity index (χ0n) is 16.4. The number of thioether (sulfide) groups is 2. The number of ether oxygens (including phenoxy) is 1. The molecule has 0 radical (unpaired) electrons. The summed E-state index contributed by atoms with van der Waals surface area (Å²) in [4.78, 5) is 16.1. The molecule has 0 saturated carbocycles. The van der Waals surface area contributed by atoms with Gasteiger partial charge in [0, 0.05) is 26.0 Å². The Morgan fingerprint density at radius 1 is 0.867 bits per heavy atom. The van der Waals surface area contributed by atoms with Gasteiger partial charge in [-0.15, -0.1) is 0 Å². The predicted molar refractivity (Wildman–Crippen MR) is 139 cm³/mol. The Labute approximate surface area is 196 Å². The average molecular weight is 469 g/mol. The lowest BCUT2D eigenvalue weighted by Gasteiger charge is -2.00. The summed E-state index contributed by atoms with van der Waals surface area (Å²) in [6, 6.07) is 17.9. The van der Waals surface area contributed by atoms with Crippen LogP contribution < -0.4 is 4.74 Å². The van der Waals surface area contributed by atoms with Gasteiger partial charge < -0.3 is 4.74 Å². The molecule has 0 bridgehead atoms. The highest BCUT2D eigenvalue weighted by atomic mass is 32.2. The van der Waals surface area contributed by atoms with Gasteiger partial charge in [-0.25, -0.2) is 0 Å². The zero-order valence-corrected chi connectivity index (χ0v) is 19.7. The van der Waals surface area contributed by atoms with Crippen LogP contribution in [0.2, 0.25) is 0 Å². The third kappa shape index (κ3) is 6.51. The zero-order chi connectivity index (χ0) is 21.5. The van der Waals surface area contributed by atoms with Crippen molar-refractivity contribution in [3.63, 3.8) is 0 Å². The summed E-state index contributed by atoms with van der Waals surface area (Å²) < 4.78 is 5.07. The number of rotatable bonds is 3. The molecule has 2 saturated heterocycles. The van der Waals surface area contributed by atoms with Gasteiger partial charge in [0.1, 0.15) is 5.75 Å². The van der Waals surface area contributed by atoms with Crippen LogP contribution in [0.25, 0.3) is 12.2 Å². The molecular weight excluding hydrogens is 449 g/mol. The molecule has 0 aliphatic carbocycles. The van der Waals surface area contributed by atoms with Gasteiger partial charge in [-0.2, -0.15) is 0 Å². The van der Waals surface area contributed by atoms with E-state index < -0.39 is 0 Å². The van der Waals surface area contributed by atoms with Crippen LogP contribution in [0.1, 0.15) is 24.0 Å². The van der Waals surface area contributed by atoms with E-state index in [2.05, 4.69) is 24.8 Å². The third-order valence-corrected chi connectivity index (χ3v) is 7.16. The summed E-state index contributed by atoms with van der Waals surface area (Å²) in [5.74, 6) is 0.819. The Bertz CT molecular complexity index is 1030. The van der Waals surface area contributed by atoms with E-state index >= 15 is 0 Å². The van der Waals surface area contributed by atoms with E-state index in [0.29, 0.717) is 6.42 Å². The van der Waals surface area contributed by atoms with Crippen molar-refractivity contribution < 1.29 is 9.53 Å². The fourth-order valence-electron chi connectivity index (χ4n) is 2.72. The van der Waals surface area contributed by atoms with Crippen LogP contribution in [0.5, 0.6) is 5.75 Å². The van der Waals surface area contributed by atoms with E-state index in [1.165, 1.54) is 22.2 Å². The Morgan fingerprint density at radius 3 is 1.93 bits per heavy atom. The molecule has 152 valence electrons. The van der Waals surface area contributed by atoms with Gasteiger partial charge in [-0.05, 0) is 40.3 Å². The molecule has 2 fully saturated rings. The molecule has 2 aromatic rings. The molecule has 30 heavy (non-hydrogen) atoms. The molecular formula is C24H20O2S4. The summed E-state index contributed by atoms with van der Waals surface area (Å²) in [6.07, 6.45) is 5.32. The van der Waals surface area contributed by atoms with Crippen LogP contribution >= 0.6 is 48.0 Å². The highest BCUT2D eigenvalue weighted by molar-refractivity contribution is 8.19. The number of thiocarbonyl (C=S) groups is 2. The molecule has 2 aliphatic heterocycles. The summed E-state index contributed by atoms with van der Waals surface area (Å²) in [5, 5.41) is 0.129. The van der Waals surface area contributed by atoms with Crippen molar-refractivity contribution in [3.8, 4) is 5.75 Å². The maximum Gasteiger partial charge on any atom is 0.198 e. The van der Waals surface area contributed by atoms with Crippen LogP contribution in [-0.2, 0) is 4.79 Å². The Morgan fingerprint density at radius 2 is 1.43 bits per heavy atom. The minimum Gasteiger partial charge on any atom is -0.497 e. The molecule has 0 amide bonds. The molecule has 2 aromatic carbocycles. The number of methoxy groups -OCH3 is 1. The normalized spacial score (nSPS) is 18.7. The standard InChI is InChI=1S/C12H10O2S2.C12H10S2/c1-14-9-4-2-8(3-5-9)6-11-10(15)7-12(13)16-11;1-9-7-11(13)12(14-9)8-10-5-3-2-4-6-10/h2-6H,7H2,1H3;2-6,8H,1,7H2/b11-6-;12-8+. The van der Waals surface area contributed by atoms with Gasteiger partial charge in [0.05, 0.1) is 13.5 Å². The van der Waals surface area contributed by atoms with Crippen LogP contribution in [-0.4, -0.2) is 22.0 Å². The molecule has 0 aromatic heterocycles. The molecule has 0 N–H and O–H groups in total. The van der Waals surface area contributed by atoms with Crippen molar-refractivity contribution in [3.05, 3.63) is 87.0 Å². The fraction of sp³-hybridized carbons (Fsp3) is 0.125. The first-order valence-corrected chi connectivity index (χ1v) is 11.6. The third-order valence-electron chi connectivity index (χ3n) is 4.20. The van der Waals surface area contributed by atoms with Gasteiger partial charge in [-0.1, -0.05) is 97.0 Å². The first-order valence-electron chi connectivity index (χ1n) is 9.20. The molecule has 0 unspecified atom stereocenters. The molecule has 0 atom stereocenters. The Hall–Kier alpha value is -1.99. The Balaban J connectivity index is 0.000000172. The van der Waals surface area contributed by atoms with Crippen molar-refractivity contribution in [1.29, 1.82) is 0 Å². The number of carbonyl (C=O) groups is 1. The molecule has 2 heterocycles. The second kappa shape index (κ2) is 10.9. The number of carbonyl (C=O) groups excluding carboxylic acids is 1. The lowest BCUT2D eigenvalue weighted by molar-refractivity contribution is -0.109. The van der Waals surface area contributed by atoms with E-state index in [4.69, 9.17) is 29.2 Å². The molecule has 4 rings (SSSR count). The number of hydrogen-bond acceptors (Lipinski definition) is 6. The molecule has 2 nitrogen and oxygen atoms in total. The highest BCUT2D eigenvalue weighted by Crippen LogP contribution is 2.38. The number of allylic oxidation sites excluding steroid dienone is 3. The second-order valence-corrected chi connectivity index (χ2v) is 9.82. The van der Waals surface area contributed by atoms with Gasteiger partial charge in [0.15, 0.2) is 5.12 Å². The van der Waals surface area contributed by atoms with Crippen LogP contribution in [0.4, 0.5) is 0 Å². The summed E-state index contributed by atoms with van der Waals surface area (Å²) >= 11 is 13.3. The van der Waals surface area contributed by atoms with Crippen molar-refractivity contribution >= 4 is 75.0 Å². The van der Waals surface area contributed by atoms with Crippen LogP contribution in [0.3, 0.4) is 0 Å². The van der Waals surface area contributed by atoms with Crippen molar-refractivity contribution in [2.45, 2.75) is 12.8 Å². The van der Waals surface area contributed by atoms with E-state index in [0.717, 1.165) is 37.3 Å². The minimum absolute atomic E-state index is 0.129. The van der Waals surface area contributed by atoms with Crippen molar-refractivity contribution in [2.24, 2.45) is 0 Å². The molecule has 2 aliphatic rings. The Kier molecular flexibility index (Phi) is 8.22. The summed E-state index contributed by atoms with van der Waals surface area (Å²) in [7, 11) is 1.63. The van der Waals surface area contributed by atoms with Crippen molar-refractivity contribution in [2.75, 3.05) is 7.11 Å². The maximum atomic E-state index is 11.2. The van der Waals surface area contributed by atoms with E-state index in [-0.39, 0.29) is 5.12 Å². The summed E-state index contributed by atoms with van der Waals surface area (Å²) in [5.41, 5.74) is 2.23. The van der Waals surface area contributed by atoms with Gasteiger partial charge >= 0.3 is 0 Å². The predicted octanol–water partition coefficient (Wildman–Crippen LogP) is 7.12. The number of benzene rings is 2. The highest BCUT2D eigenvalue weighted by Gasteiger charge is 2.22. The van der Waals surface area contributed by atoms with Crippen LogP contribution in [0.15, 0.2) is 75.9 Å². The maximum absolute atomic E-state index is 11.2. The smallest absolute Gasteiger partial charge is 0.198 e. The average Bonchev–Trinajstić information content (AvgIpc) is 3.22.